The van der Waals surface area contributed by atoms with Gasteiger partial charge in [-0.05, 0) is 50.6 Å². The van der Waals surface area contributed by atoms with E-state index in [1.165, 1.54) is 6.42 Å². The first-order valence-electron chi connectivity index (χ1n) is 7.87. The van der Waals surface area contributed by atoms with E-state index >= 15 is 0 Å². The highest BCUT2D eigenvalue weighted by atomic mass is 16.2. The Morgan fingerprint density at radius 3 is 2.84 bits per heavy atom. The van der Waals surface area contributed by atoms with Crippen molar-refractivity contribution in [3.63, 3.8) is 0 Å². The van der Waals surface area contributed by atoms with Crippen molar-refractivity contribution in [1.29, 1.82) is 0 Å². The van der Waals surface area contributed by atoms with Crippen LogP contribution in [0.25, 0.3) is 0 Å². The Morgan fingerprint density at radius 1 is 1.21 bits per heavy atom. The zero-order valence-electron chi connectivity index (χ0n) is 12.5. The minimum absolute atomic E-state index is 0.216. The average molecular weight is 267 g/mol. The first-order valence-corrected chi connectivity index (χ1v) is 7.87. The van der Waals surface area contributed by atoms with Crippen LogP contribution in [-0.2, 0) is 4.79 Å². The molecule has 1 aliphatic carbocycles. The van der Waals surface area contributed by atoms with Crippen LogP contribution in [0, 0.1) is 11.8 Å². The predicted molar refractivity (Wildman–Crippen MR) is 78.0 cm³/mol. The smallest absolute Gasteiger partial charge is 0.234 e. The fourth-order valence-corrected chi connectivity index (χ4v) is 3.21. The molecule has 1 saturated heterocycles. The van der Waals surface area contributed by atoms with Crippen LogP contribution in [0.3, 0.4) is 0 Å². The van der Waals surface area contributed by atoms with Crippen molar-refractivity contribution in [2.24, 2.45) is 11.8 Å². The molecule has 1 aliphatic heterocycles. The maximum absolute atomic E-state index is 12.1. The summed E-state index contributed by atoms with van der Waals surface area (Å²) < 4.78 is 0. The third-order valence-electron chi connectivity index (χ3n) is 4.76. The van der Waals surface area contributed by atoms with Crippen LogP contribution < -0.4 is 10.6 Å². The van der Waals surface area contributed by atoms with Crippen LogP contribution in [0.2, 0.25) is 0 Å². The maximum atomic E-state index is 12.1. The number of rotatable bonds is 3. The lowest BCUT2D eigenvalue weighted by Gasteiger charge is -2.33. The lowest BCUT2D eigenvalue weighted by molar-refractivity contribution is -0.123. The van der Waals surface area contributed by atoms with E-state index in [1.807, 2.05) is 0 Å². The molecule has 19 heavy (non-hydrogen) atoms. The van der Waals surface area contributed by atoms with Gasteiger partial charge < -0.3 is 10.6 Å². The van der Waals surface area contributed by atoms with Crippen LogP contribution in [0.1, 0.15) is 39.5 Å². The van der Waals surface area contributed by atoms with Crippen molar-refractivity contribution >= 4 is 5.91 Å². The average Bonchev–Trinajstić information content (AvgIpc) is 2.62. The van der Waals surface area contributed by atoms with Gasteiger partial charge in [0.05, 0.1) is 6.54 Å². The zero-order valence-corrected chi connectivity index (χ0v) is 12.5. The Labute approximate surface area is 117 Å². The number of carbonyl (C=O) groups is 1. The van der Waals surface area contributed by atoms with Crippen molar-refractivity contribution in [3.05, 3.63) is 0 Å². The summed E-state index contributed by atoms with van der Waals surface area (Å²) in [6.45, 7) is 9.32. The number of nitrogens with zero attached hydrogens (tertiary/aromatic N) is 1. The number of hydrogen-bond acceptors (Lipinski definition) is 3. The molecule has 0 aromatic carbocycles. The molecule has 2 fully saturated rings. The highest BCUT2D eigenvalue weighted by Gasteiger charge is 2.25. The minimum atomic E-state index is 0.216. The Morgan fingerprint density at radius 2 is 2.05 bits per heavy atom. The molecule has 0 bridgehead atoms. The lowest BCUT2D eigenvalue weighted by atomic mass is 9.79. The maximum Gasteiger partial charge on any atom is 0.234 e. The first-order chi connectivity index (χ1) is 9.15. The second-order valence-corrected chi connectivity index (χ2v) is 6.41. The molecule has 110 valence electrons. The second kappa shape index (κ2) is 7.25. The summed E-state index contributed by atoms with van der Waals surface area (Å²) in [5, 5.41) is 6.61. The van der Waals surface area contributed by atoms with Gasteiger partial charge in [0.15, 0.2) is 0 Å². The summed E-state index contributed by atoms with van der Waals surface area (Å²) >= 11 is 0. The second-order valence-electron chi connectivity index (χ2n) is 6.41. The van der Waals surface area contributed by atoms with Gasteiger partial charge >= 0.3 is 0 Å². The fourth-order valence-electron chi connectivity index (χ4n) is 3.21. The Hall–Kier alpha value is -0.610. The summed E-state index contributed by atoms with van der Waals surface area (Å²) in [5.74, 6) is 1.76. The quantitative estimate of drug-likeness (QED) is 0.808. The molecule has 0 aromatic rings. The van der Waals surface area contributed by atoms with Crippen molar-refractivity contribution in [3.8, 4) is 0 Å². The molecule has 2 rings (SSSR count). The Bertz CT molecular complexity index is 287. The van der Waals surface area contributed by atoms with E-state index in [0.717, 1.165) is 57.3 Å². The standard InChI is InChI=1S/C15H29N3O/c1-12-4-5-14(10-13(12)2)17-15(19)11-18-8-3-6-16-7-9-18/h12-14,16H,3-11H2,1-2H3,(H,17,19). The molecule has 0 spiro atoms. The number of carbonyl (C=O) groups excluding carboxylic acids is 1. The molecular formula is C15H29N3O. The van der Waals surface area contributed by atoms with Gasteiger partial charge in [0.2, 0.25) is 5.91 Å². The molecule has 4 heteroatoms. The van der Waals surface area contributed by atoms with Gasteiger partial charge in [-0.2, -0.15) is 0 Å². The molecule has 1 heterocycles. The number of hydrogen-bond donors (Lipinski definition) is 2. The predicted octanol–water partition coefficient (Wildman–Crippen LogP) is 1.22. The molecule has 1 amide bonds. The normalized spacial score (nSPS) is 33.7. The van der Waals surface area contributed by atoms with Gasteiger partial charge in [-0.1, -0.05) is 13.8 Å². The van der Waals surface area contributed by atoms with Gasteiger partial charge in [0, 0.05) is 19.1 Å². The van der Waals surface area contributed by atoms with Gasteiger partial charge in [0.25, 0.3) is 0 Å². The van der Waals surface area contributed by atoms with Crippen LogP contribution >= 0.6 is 0 Å². The summed E-state index contributed by atoms with van der Waals surface area (Å²) in [6.07, 6.45) is 4.69. The number of amides is 1. The molecule has 0 radical (unpaired) electrons. The van der Waals surface area contributed by atoms with Gasteiger partial charge in [-0.25, -0.2) is 0 Å². The van der Waals surface area contributed by atoms with Gasteiger partial charge in [-0.3, -0.25) is 9.69 Å². The molecule has 3 atom stereocenters. The third-order valence-corrected chi connectivity index (χ3v) is 4.76. The van der Waals surface area contributed by atoms with Crippen molar-refractivity contribution < 1.29 is 4.79 Å². The number of nitrogens with one attached hydrogen (secondary N) is 2. The van der Waals surface area contributed by atoms with Crippen LogP contribution in [0.15, 0.2) is 0 Å². The SMILES string of the molecule is CC1CCC(NC(=O)CN2CCCNCC2)CC1C. The van der Waals surface area contributed by atoms with Gasteiger partial charge in [0.1, 0.15) is 0 Å². The molecule has 1 saturated carbocycles. The summed E-state index contributed by atoms with van der Waals surface area (Å²) in [7, 11) is 0. The topological polar surface area (TPSA) is 44.4 Å². The molecule has 0 aromatic heterocycles. The van der Waals surface area contributed by atoms with Crippen LogP contribution in [-0.4, -0.2) is 49.6 Å². The van der Waals surface area contributed by atoms with E-state index in [1.54, 1.807) is 0 Å². The minimum Gasteiger partial charge on any atom is -0.352 e. The molecule has 4 nitrogen and oxygen atoms in total. The lowest BCUT2D eigenvalue weighted by Crippen LogP contribution is -2.45. The van der Waals surface area contributed by atoms with E-state index in [0.29, 0.717) is 12.6 Å². The van der Waals surface area contributed by atoms with Gasteiger partial charge in [-0.15, -0.1) is 0 Å². The molecule has 2 N–H and O–H groups in total. The van der Waals surface area contributed by atoms with Crippen molar-refractivity contribution in [1.82, 2.24) is 15.5 Å². The summed E-state index contributed by atoms with van der Waals surface area (Å²) in [4.78, 5) is 14.4. The highest BCUT2D eigenvalue weighted by Crippen LogP contribution is 2.29. The van der Waals surface area contributed by atoms with E-state index < -0.39 is 0 Å². The Kier molecular flexibility index (Phi) is 5.64. The van der Waals surface area contributed by atoms with Crippen LogP contribution in [0.5, 0.6) is 0 Å². The molecular weight excluding hydrogens is 238 g/mol. The van der Waals surface area contributed by atoms with E-state index in [-0.39, 0.29) is 5.91 Å². The summed E-state index contributed by atoms with van der Waals surface area (Å²) in [5.41, 5.74) is 0. The first kappa shape index (κ1) is 14.8. The summed E-state index contributed by atoms with van der Waals surface area (Å²) in [6, 6.07) is 0.406. The van der Waals surface area contributed by atoms with Crippen LogP contribution in [0.4, 0.5) is 0 Å². The largest absolute Gasteiger partial charge is 0.352 e. The van der Waals surface area contributed by atoms with E-state index in [9.17, 15) is 4.79 Å². The van der Waals surface area contributed by atoms with E-state index in [2.05, 4.69) is 29.4 Å². The fraction of sp³-hybridized carbons (Fsp3) is 0.933. The monoisotopic (exact) mass is 267 g/mol. The zero-order chi connectivity index (χ0) is 13.7. The van der Waals surface area contributed by atoms with Crippen molar-refractivity contribution in [2.45, 2.75) is 45.6 Å². The highest BCUT2D eigenvalue weighted by molar-refractivity contribution is 5.78. The third kappa shape index (κ3) is 4.77. The molecule has 2 aliphatic rings. The Balaban J connectivity index is 1.71. The van der Waals surface area contributed by atoms with Crippen molar-refractivity contribution in [2.75, 3.05) is 32.7 Å². The molecule has 3 unspecified atom stereocenters. The van der Waals surface area contributed by atoms with E-state index in [4.69, 9.17) is 0 Å².